The van der Waals surface area contributed by atoms with Crippen LogP contribution in [-0.2, 0) is 11.2 Å². The highest BCUT2D eigenvalue weighted by Gasteiger charge is 2.22. The van der Waals surface area contributed by atoms with Gasteiger partial charge in [0.1, 0.15) is 6.61 Å². The Kier molecular flexibility index (Phi) is 3.02. The third kappa shape index (κ3) is 2.13. The Labute approximate surface area is 131 Å². The first-order valence-electron chi connectivity index (χ1n) is 7.35. The standard InChI is InChI=1S/C18H14N2O3/c21-9-16(22)19-11-5-6-12-10(7-11)8-15-13-3-1-2-4-14(13)18(23)20-17(12)15/h1-7,21H,8-9H2,(H,19,22)(H,20,23). The Morgan fingerprint density at radius 2 is 1.96 bits per heavy atom. The fourth-order valence-electron chi connectivity index (χ4n) is 3.20. The maximum absolute atomic E-state index is 12.3. The maximum atomic E-state index is 12.3. The van der Waals surface area contributed by atoms with Gasteiger partial charge in [-0.05, 0) is 34.7 Å². The number of rotatable bonds is 2. The van der Waals surface area contributed by atoms with Crippen LogP contribution >= 0.6 is 0 Å². The van der Waals surface area contributed by atoms with E-state index in [-0.39, 0.29) is 5.56 Å². The summed E-state index contributed by atoms with van der Waals surface area (Å²) >= 11 is 0. The Bertz CT molecular complexity index is 1000. The minimum Gasteiger partial charge on any atom is -0.387 e. The van der Waals surface area contributed by atoms with E-state index in [2.05, 4.69) is 10.3 Å². The van der Waals surface area contributed by atoms with Crippen molar-refractivity contribution in [1.29, 1.82) is 0 Å². The molecule has 0 unspecified atom stereocenters. The number of benzene rings is 2. The molecule has 3 aromatic rings. The van der Waals surface area contributed by atoms with Gasteiger partial charge in [-0.3, -0.25) is 9.59 Å². The highest BCUT2D eigenvalue weighted by molar-refractivity contribution is 5.95. The molecular formula is C18H14N2O3. The van der Waals surface area contributed by atoms with E-state index in [1.54, 1.807) is 6.07 Å². The predicted molar refractivity (Wildman–Crippen MR) is 88.5 cm³/mol. The number of fused-ring (bicyclic) bond motifs is 5. The van der Waals surface area contributed by atoms with Crippen molar-refractivity contribution in [3.05, 3.63) is 63.9 Å². The van der Waals surface area contributed by atoms with Crippen LogP contribution in [0, 0.1) is 0 Å². The summed E-state index contributed by atoms with van der Waals surface area (Å²) in [6, 6.07) is 13.1. The van der Waals surface area contributed by atoms with Gasteiger partial charge in [0.05, 0.1) is 5.69 Å². The van der Waals surface area contributed by atoms with Crippen molar-refractivity contribution < 1.29 is 9.90 Å². The van der Waals surface area contributed by atoms with Gasteiger partial charge in [-0.1, -0.05) is 24.3 Å². The van der Waals surface area contributed by atoms with Gasteiger partial charge in [0, 0.05) is 23.1 Å². The van der Waals surface area contributed by atoms with Crippen molar-refractivity contribution >= 4 is 22.4 Å². The number of anilines is 1. The molecule has 5 heteroatoms. The molecule has 0 atom stereocenters. The number of H-pyrrole nitrogens is 1. The molecule has 23 heavy (non-hydrogen) atoms. The molecule has 1 amide bonds. The number of hydrogen-bond donors (Lipinski definition) is 3. The average molecular weight is 306 g/mol. The fraction of sp³-hybridized carbons (Fsp3) is 0.111. The summed E-state index contributed by atoms with van der Waals surface area (Å²) in [6.45, 7) is -0.546. The zero-order valence-electron chi connectivity index (χ0n) is 12.2. The summed E-state index contributed by atoms with van der Waals surface area (Å²) < 4.78 is 0. The number of nitrogens with one attached hydrogen (secondary N) is 2. The quantitative estimate of drug-likeness (QED) is 0.530. The number of carbonyl (C=O) groups excluding carboxylic acids is 1. The van der Waals surface area contributed by atoms with Crippen LogP contribution in [0.4, 0.5) is 5.69 Å². The van der Waals surface area contributed by atoms with Gasteiger partial charge < -0.3 is 15.4 Å². The van der Waals surface area contributed by atoms with Crippen LogP contribution in [0.15, 0.2) is 47.3 Å². The molecule has 3 N–H and O–H groups in total. The van der Waals surface area contributed by atoms with Gasteiger partial charge in [0.2, 0.25) is 5.91 Å². The first-order valence-corrected chi connectivity index (χ1v) is 7.35. The number of hydrogen-bond acceptors (Lipinski definition) is 3. The number of aliphatic hydroxyl groups excluding tert-OH is 1. The van der Waals surface area contributed by atoms with E-state index in [1.165, 1.54) is 0 Å². The summed E-state index contributed by atoms with van der Waals surface area (Å²) in [5.74, 6) is -0.445. The van der Waals surface area contributed by atoms with Gasteiger partial charge in [-0.15, -0.1) is 0 Å². The highest BCUT2D eigenvalue weighted by Crippen LogP contribution is 2.38. The molecule has 114 valence electrons. The fourth-order valence-corrected chi connectivity index (χ4v) is 3.20. The Morgan fingerprint density at radius 3 is 2.74 bits per heavy atom. The molecule has 1 aliphatic carbocycles. The van der Waals surface area contributed by atoms with E-state index in [4.69, 9.17) is 5.11 Å². The Morgan fingerprint density at radius 1 is 1.17 bits per heavy atom. The van der Waals surface area contributed by atoms with Crippen molar-refractivity contribution in [2.75, 3.05) is 11.9 Å². The van der Waals surface area contributed by atoms with Crippen LogP contribution in [-0.4, -0.2) is 22.6 Å². The van der Waals surface area contributed by atoms with Crippen LogP contribution in [0.1, 0.15) is 11.1 Å². The van der Waals surface area contributed by atoms with Crippen molar-refractivity contribution in [2.24, 2.45) is 0 Å². The van der Waals surface area contributed by atoms with Gasteiger partial charge in [0.25, 0.3) is 5.56 Å². The average Bonchev–Trinajstić information content (AvgIpc) is 2.93. The maximum Gasteiger partial charge on any atom is 0.256 e. The number of aliphatic hydroxyl groups is 1. The Hall–Kier alpha value is -2.92. The van der Waals surface area contributed by atoms with E-state index in [1.807, 2.05) is 36.4 Å². The minimum absolute atomic E-state index is 0.0927. The summed E-state index contributed by atoms with van der Waals surface area (Å²) in [5, 5.41) is 13.1. The highest BCUT2D eigenvalue weighted by atomic mass is 16.3. The zero-order chi connectivity index (χ0) is 16.0. The molecule has 0 spiro atoms. The third-order valence-corrected chi connectivity index (χ3v) is 4.21. The molecule has 0 bridgehead atoms. The minimum atomic E-state index is -0.546. The second kappa shape index (κ2) is 5.07. The summed E-state index contributed by atoms with van der Waals surface area (Å²) in [4.78, 5) is 26.5. The SMILES string of the molecule is O=C(CO)Nc1ccc2c(c1)Cc1c-2[nH]c(=O)c2ccccc12. The molecule has 0 saturated heterocycles. The van der Waals surface area contributed by atoms with Crippen molar-refractivity contribution in [3.8, 4) is 11.3 Å². The van der Waals surface area contributed by atoms with Crippen LogP contribution in [0.2, 0.25) is 0 Å². The van der Waals surface area contributed by atoms with Crippen LogP contribution in [0.25, 0.3) is 22.0 Å². The van der Waals surface area contributed by atoms with Crippen molar-refractivity contribution in [1.82, 2.24) is 4.98 Å². The first-order chi connectivity index (χ1) is 11.2. The van der Waals surface area contributed by atoms with E-state index in [0.29, 0.717) is 17.5 Å². The second-order valence-electron chi connectivity index (χ2n) is 5.61. The second-order valence-corrected chi connectivity index (χ2v) is 5.61. The first kappa shape index (κ1) is 13.7. The van der Waals surface area contributed by atoms with Gasteiger partial charge in [-0.25, -0.2) is 0 Å². The van der Waals surface area contributed by atoms with Crippen LogP contribution < -0.4 is 10.9 Å². The molecule has 2 aromatic carbocycles. The number of amides is 1. The normalized spacial score (nSPS) is 12.0. The van der Waals surface area contributed by atoms with Gasteiger partial charge in [0.15, 0.2) is 0 Å². The number of carbonyl (C=O) groups is 1. The monoisotopic (exact) mass is 306 g/mol. The van der Waals surface area contributed by atoms with Gasteiger partial charge >= 0.3 is 0 Å². The largest absolute Gasteiger partial charge is 0.387 e. The van der Waals surface area contributed by atoms with E-state index in [0.717, 1.165) is 27.8 Å². The van der Waals surface area contributed by atoms with E-state index < -0.39 is 12.5 Å². The Balaban J connectivity index is 1.85. The molecule has 1 aliphatic rings. The molecule has 0 fully saturated rings. The molecule has 5 nitrogen and oxygen atoms in total. The van der Waals surface area contributed by atoms with E-state index >= 15 is 0 Å². The van der Waals surface area contributed by atoms with Crippen LogP contribution in [0.3, 0.4) is 0 Å². The lowest BCUT2D eigenvalue weighted by atomic mass is 10.0. The zero-order valence-corrected chi connectivity index (χ0v) is 12.2. The predicted octanol–water partition coefficient (Wildman–Crippen LogP) is 2.03. The lowest BCUT2D eigenvalue weighted by Crippen LogP contribution is -2.15. The summed E-state index contributed by atoms with van der Waals surface area (Å²) in [7, 11) is 0. The van der Waals surface area contributed by atoms with Crippen molar-refractivity contribution in [3.63, 3.8) is 0 Å². The van der Waals surface area contributed by atoms with Crippen LogP contribution in [0.5, 0.6) is 0 Å². The molecule has 1 heterocycles. The smallest absolute Gasteiger partial charge is 0.256 e. The molecular weight excluding hydrogens is 292 g/mol. The molecule has 0 aliphatic heterocycles. The van der Waals surface area contributed by atoms with Gasteiger partial charge in [-0.2, -0.15) is 0 Å². The summed E-state index contributed by atoms with van der Waals surface area (Å²) in [5.41, 5.74) is 4.52. The lowest BCUT2D eigenvalue weighted by Gasteiger charge is -2.06. The molecule has 0 radical (unpaired) electrons. The third-order valence-electron chi connectivity index (χ3n) is 4.21. The lowest BCUT2D eigenvalue weighted by molar-refractivity contribution is -0.118. The molecule has 1 aromatic heterocycles. The number of aromatic nitrogens is 1. The topological polar surface area (TPSA) is 82.2 Å². The number of pyridine rings is 1. The van der Waals surface area contributed by atoms with E-state index in [9.17, 15) is 9.59 Å². The molecule has 0 saturated carbocycles. The van der Waals surface area contributed by atoms with Crippen molar-refractivity contribution in [2.45, 2.75) is 6.42 Å². The summed E-state index contributed by atoms with van der Waals surface area (Å²) in [6.07, 6.45) is 0.699. The molecule has 4 rings (SSSR count). The number of aromatic amines is 1.